The molecule has 1 aromatic rings. The Morgan fingerprint density at radius 2 is 2.29 bits per heavy atom. The van der Waals surface area contributed by atoms with Crippen molar-refractivity contribution in [3.8, 4) is 0 Å². The standard InChI is InChI=1S/C14H23N3OS.2ClH/c1-17(2)12(13-4-3-7-19-13)10-16-14(18)8-11-5-6-15-9-11;;/h3-4,7,11-12,15H,5-6,8-10H2,1-2H3,(H,16,18);2*1H. The van der Waals surface area contributed by atoms with Crippen molar-refractivity contribution >= 4 is 42.1 Å². The predicted molar refractivity (Wildman–Crippen MR) is 93.8 cm³/mol. The Bertz CT molecular complexity index is 395. The molecular formula is C14H25Cl2N3OS. The minimum Gasteiger partial charge on any atom is -0.354 e. The summed E-state index contributed by atoms with van der Waals surface area (Å²) in [5.74, 6) is 0.691. The van der Waals surface area contributed by atoms with Crippen LogP contribution in [-0.2, 0) is 4.79 Å². The van der Waals surface area contributed by atoms with Gasteiger partial charge in [0.05, 0.1) is 6.04 Å². The minimum atomic E-state index is 0. The van der Waals surface area contributed by atoms with Crippen molar-refractivity contribution in [2.45, 2.75) is 18.9 Å². The lowest BCUT2D eigenvalue weighted by molar-refractivity contribution is -0.122. The lowest BCUT2D eigenvalue weighted by Gasteiger charge is -2.23. The van der Waals surface area contributed by atoms with E-state index in [1.165, 1.54) is 4.88 Å². The molecule has 1 fully saturated rings. The third kappa shape index (κ3) is 6.53. The molecule has 1 aliphatic rings. The van der Waals surface area contributed by atoms with Gasteiger partial charge in [-0.1, -0.05) is 6.07 Å². The molecular weight excluding hydrogens is 329 g/mol. The summed E-state index contributed by atoms with van der Waals surface area (Å²) >= 11 is 1.74. The highest BCUT2D eigenvalue weighted by molar-refractivity contribution is 7.10. The second-order valence-electron chi connectivity index (χ2n) is 5.36. The predicted octanol–water partition coefficient (Wildman–Crippen LogP) is 2.31. The fourth-order valence-electron chi connectivity index (χ4n) is 2.45. The molecule has 2 unspecified atom stereocenters. The summed E-state index contributed by atoms with van der Waals surface area (Å²) in [6, 6.07) is 4.45. The largest absolute Gasteiger partial charge is 0.354 e. The Kier molecular flexibility index (Phi) is 10.2. The third-order valence-electron chi connectivity index (χ3n) is 3.62. The SMILES string of the molecule is CN(C)C(CNC(=O)CC1CCNC1)c1cccs1.Cl.Cl. The highest BCUT2D eigenvalue weighted by Gasteiger charge is 2.20. The van der Waals surface area contributed by atoms with Gasteiger partial charge in [0.15, 0.2) is 0 Å². The lowest BCUT2D eigenvalue weighted by Crippen LogP contribution is -2.35. The summed E-state index contributed by atoms with van der Waals surface area (Å²) < 4.78 is 0. The van der Waals surface area contributed by atoms with Crippen LogP contribution in [0.25, 0.3) is 0 Å². The molecule has 2 atom stereocenters. The molecule has 1 saturated heterocycles. The number of carbonyl (C=O) groups is 1. The van der Waals surface area contributed by atoms with Crippen molar-refractivity contribution in [2.24, 2.45) is 5.92 Å². The zero-order valence-electron chi connectivity index (χ0n) is 12.5. The van der Waals surface area contributed by atoms with E-state index in [0.717, 1.165) is 19.5 Å². The van der Waals surface area contributed by atoms with Crippen LogP contribution in [0.15, 0.2) is 17.5 Å². The fraction of sp³-hybridized carbons (Fsp3) is 0.643. The average molecular weight is 354 g/mol. The number of carbonyl (C=O) groups excluding carboxylic acids is 1. The second kappa shape index (κ2) is 10.4. The molecule has 0 bridgehead atoms. The maximum absolute atomic E-state index is 11.9. The van der Waals surface area contributed by atoms with Crippen LogP contribution in [0, 0.1) is 5.92 Å². The molecule has 0 spiro atoms. The lowest BCUT2D eigenvalue weighted by atomic mass is 10.0. The Hall–Kier alpha value is -0.330. The van der Waals surface area contributed by atoms with E-state index in [9.17, 15) is 4.79 Å². The molecule has 2 N–H and O–H groups in total. The molecule has 1 aliphatic heterocycles. The van der Waals surface area contributed by atoms with Gasteiger partial charge in [-0.05, 0) is 51.0 Å². The molecule has 0 aromatic carbocycles. The van der Waals surface area contributed by atoms with Crippen LogP contribution >= 0.6 is 36.2 Å². The highest BCUT2D eigenvalue weighted by atomic mass is 35.5. The summed E-state index contributed by atoms with van der Waals surface area (Å²) in [4.78, 5) is 15.4. The first-order chi connectivity index (χ1) is 9.16. The van der Waals surface area contributed by atoms with E-state index >= 15 is 0 Å². The minimum absolute atomic E-state index is 0. The van der Waals surface area contributed by atoms with Crippen molar-refractivity contribution in [1.82, 2.24) is 15.5 Å². The molecule has 21 heavy (non-hydrogen) atoms. The van der Waals surface area contributed by atoms with Crippen LogP contribution in [0.3, 0.4) is 0 Å². The zero-order chi connectivity index (χ0) is 13.7. The number of amides is 1. The van der Waals surface area contributed by atoms with Gasteiger partial charge >= 0.3 is 0 Å². The van der Waals surface area contributed by atoms with Gasteiger partial charge in [0.25, 0.3) is 0 Å². The molecule has 1 aromatic heterocycles. The number of nitrogens with zero attached hydrogens (tertiary/aromatic N) is 1. The third-order valence-corrected chi connectivity index (χ3v) is 4.60. The van der Waals surface area contributed by atoms with Gasteiger partial charge in [0.1, 0.15) is 0 Å². The van der Waals surface area contributed by atoms with E-state index in [1.807, 2.05) is 0 Å². The topological polar surface area (TPSA) is 44.4 Å². The molecule has 0 radical (unpaired) electrons. The molecule has 2 rings (SSSR count). The number of thiophene rings is 1. The first-order valence-electron chi connectivity index (χ1n) is 6.84. The molecule has 122 valence electrons. The Labute approximate surface area is 143 Å². The maximum Gasteiger partial charge on any atom is 0.220 e. The molecule has 0 saturated carbocycles. The van der Waals surface area contributed by atoms with E-state index in [0.29, 0.717) is 18.9 Å². The number of likely N-dealkylation sites (N-methyl/N-ethyl adjacent to an activating group) is 1. The zero-order valence-corrected chi connectivity index (χ0v) is 15.0. The molecule has 2 heterocycles. The van der Waals surface area contributed by atoms with E-state index in [4.69, 9.17) is 0 Å². The van der Waals surface area contributed by atoms with Gasteiger partial charge in [0, 0.05) is 17.8 Å². The number of halogens is 2. The molecule has 1 amide bonds. The van der Waals surface area contributed by atoms with Gasteiger partial charge in [-0.25, -0.2) is 0 Å². The summed E-state index contributed by atoms with van der Waals surface area (Å²) in [6.45, 7) is 2.72. The van der Waals surface area contributed by atoms with Crippen molar-refractivity contribution in [2.75, 3.05) is 33.7 Å². The first kappa shape index (κ1) is 20.7. The quantitative estimate of drug-likeness (QED) is 0.824. The number of hydrogen-bond donors (Lipinski definition) is 2. The summed E-state index contributed by atoms with van der Waals surface area (Å²) in [6.07, 6.45) is 1.77. The number of rotatable bonds is 6. The van der Waals surface area contributed by atoms with Crippen LogP contribution in [0.5, 0.6) is 0 Å². The van der Waals surface area contributed by atoms with Gasteiger partial charge in [0.2, 0.25) is 5.91 Å². The van der Waals surface area contributed by atoms with Crippen molar-refractivity contribution < 1.29 is 4.79 Å². The molecule has 4 nitrogen and oxygen atoms in total. The Morgan fingerprint density at radius 1 is 1.52 bits per heavy atom. The van der Waals surface area contributed by atoms with Crippen LogP contribution < -0.4 is 10.6 Å². The molecule has 0 aliphatic carbocycles. The summed E-state index contributed by atoms with van der Waals surface area (Å²) in [5.41, 5.74) is 0. The van der Waals surface area contributed by atoms with E-state index in [2.05, 4.69) is 47.1 Å². The van der Waals surface area contributed by atoms with Gasteiger partial charge in [-0.3, -0.25) is 4.79 Å². The first-order valence-corrected chi connectivity index (χ1v) is 7.72. The summed E-state index contributed by atoms with van der Waals surface area (Å²) in [5, 5.41) is 8.46. The van der Waals surface area contributed by atoms with E-state index < -0.39 is 0 Å². The number of hydrogen-bond acceptors (Lipinski definition) is 4. The van der Waals surface area contributed by atoms with Crippen molar-refractivity contribution in [1.29, 1.82) is 0 Å². The van der Waals surface area contributed by atoms with Crippen LogP contribution in [-0.4, -0.2) is 44.5 Å². The van der Waals surface area contributed by atoms with E-state index in [-0.39, 0.29) is 36.8 Å². The second-order valence-corrected chi connectivity index (χ2v) is 6.34. The molecule has 7 heteroatoms. The van der Waals surface area contributed by atoms with E-state index in [1.54, 1.807) is 11.3 Å². The van der Waals surface area contributed by atoms with Crippen LogP contribution in [0.4, 0.5) is 0 Å². The Balaban J connectivity index is 0.00000200. The van der Waals surface area contributed by atoms with Gasteiger partial charge in [-0.2, -0.15) is 0 Å². The number of nitrogens with one attached hydrogen (secondary N) is 2. The fourth-order valence-corrected chi connectivity index (χ4v) is 3.37. The van der Waals surface area contributed by atoms with Crippen molar-refractivity contribution in [3.63, 3.8) is 0 Å². The maximum atomic E-state index is 11.9. The monoisotopic (exact) mass is 353 g/mol. The summed E-state index contributed by atoms with van der Waals surface area (Å²) in [7, 11) is 4.11. The van der Waals surface area contributed by atoms with Gasteiger partial charge in [-0.15, -0.1) is 36.2 Å². The van der Waals surface area contributed by atoms with Crippen LogP contribution in [0.2, 0.25) is 0 Å². The van der Waals surface area contributed by atoms with Gasteiger partial charge < -0.3 is 15.5 Å². The normalized spacial score (nSPS) is 18.7. The Morgan fingerprint density at radius 3 is 2.81 bits per heavy atom. The van der Waals surface area contributed by atoms with Crippen LogP contribution in [0.1, 0.15) is 23.8 Å². The smallest absolute Gasteiger partial charge is 0.220 e. The van der Waals surface area contributed by atoms with Crippen molar-refractivity contribution in [3.05, 3.63) is 22.4 Å². The average Bonchev–Trinajstić information content (AvgIpc) is 3.01. The highest BCUT2D eigenvalue weighted by Crippen LogP contribution is 2.22.